The number of aliphatic hydroxyl groups is 1. The highest BCUT2D eigenvalue weighted by Crippen LogP contribution is 2.51. The number of hydrogen-bond donors (Lipinski definition) is 2. The highest BCUT2D eigenvalue weighted by molar-refractivity contribution is 8.93. The standard InChI is InChI=1S/C17H22NO5.BrH.H2O/c1-18(21)13-7-11(8-14(18)16-15(13)23-16)22-17(20)12(9-19)10-5-3-2-4-6-10;;/h2-6,11-16,19,21H,7-9H2,1H3;1H;1H2/q+1;;/t11?,12-,13-,14+,15-,16+,18?;;/m1../s1. The number of benzene rings is 1. The number of aliphatic hydroxyl groups excluding tert-OH is 1. The topological polar surface area (TPSA) is 111 Å². The van der Waals surface area contributed by atoms with Gasteiger partial charge in [-0.1, -0.05) is 30.3 Å². The minimum absolute atomic E-state index is 0. The SMILES string of the molecule is Br.C[N+]1(O)[C@@H]2CC(OC(=O)[C@H](CO)c3ccccc3)C[C@H]1[C@@H]1O[C@@H]12.O. The minimum Gasteiger partial charge on any atom is -0.461 e. The van der Waals surface area contributed by atoms with Crippen LogP contribution in [0.1, 0.15) is 24.3 Å². The largest absolute Gasteiger partial charge is 0.461 e. The van der Waals surface area contributed by atoms with E-state index in [0.717, 1.165) is 5.56 Å². The van der Waals surface area contributed by atoms with Crippen molar-refractivity contribution in [1.29, 1.82) is 0 Å². The highest BCUT2D eigenvalue weighted by atomic mass is 79.9. The number of fused-ring (bicyclic) bond motifs is 5. The number of hydroxylamine groups is 3. The molecule has 3 heterocycles. The van der Waals surface area contributed by atoms with Crippen LogP contribution >= 0.6 is 17.0 Å². The van der Waals surface area contributed by atoms with Gasteiger partial charge in [0.15, 0.2) is 12.1 Å². The summed E-state index contributed by atoms with van der Waals surface area (Å²) < 4.78 is 11.2. The first-order valence-corrected chi connectivity index (χ1v) is 8.12. The molecule has 3 aliphatic rings. The van der Waals surface area contributed by atoms with E-state index >= 15 is 0 Å². The molecule has 140 valence electrons. The predicted molar refractivity (Wildman–Crippen MR) is 93.5 cm³/mol. The Bertz CT molecular complexity index is 592. The molecule has 0 spiro atoms. The van der Waals surface area contributed by atoms with E-state index in [4.69, 9.17) is 9.47 Å². The molecular formula is C17H25BrNO6+. The molecule has 4 rings (SSSR count). The van der Waals surface area contributed by atoms with Crippen LogP contribution in [0.4, 0.5) is 0 Å². The number of hydrogen-bond acceptors (Lipinski definition) is 5. The number of ether oxygens (including phenoxy) is 2. The van der Waals surface area contributed by atoms with Crippen molar-refractivity contribution in [1.82, 2.24) is 0 Å². The summed E-state index contributed by atoms with van der Waals surface area (Å²) in [4.78, 5) is 12.4. The smallest absolute Gasteiger partial charge is 0.316 e. The maximum absolute atomic E-state index is 12.4. The molecule has 3 aliphatic heterocycles. The van der Waals surface area contributed by atoms with Gasteiger partial charge in [-0.25, -0.2) is 5.21 Å². The number of epoxide rings is 1. The average Bonchev–Trinajstić information content (AvgIpc) is 3.27. The fourth-order valence-electron chi connectivity index (χ4n) is 4.27. The van der Waals surface area contributed by atoms with E-state index in [1.807, 2.05) is 37.4 Å². The lowest BCUT2D eigenvalue weighted by atomic mass is 9.97. The van der Waals surface area contributed by atoms with Crippen LogP contribution in [0.5, 0.6) is 0 Å². The van der Waals surface area contributed by atoms with Crippen LogP contribution in [-0.2, 0) is 14.3 Å². The van der Waals surface area contributed by atoms with Crippen molar-refractivity contribution in [2.75, 3.05) is 13.7 Å². The molecule has 1 aromatic rings. The molecule has 3 fully saturated rings. The van der Waals surface area contributed by atoms with E-state index in [9.17, 15) is 15.1 Å². The Morgan fingerprint density at radius 1 is 1.28 bits per heavy atom. The monoisotopic (exact) mass is 418 g/mol. The molecule has 8 heteroatoms. The molecule has 25 heavy (non-hydrogen) atoms. The van der Waals surface area contributed by atoms with Crippen LogP contribution in [0.2, 0.25) is 0 Å². The predicted octanol–water partition coefficient (Wildman–Crippen LogP) is 0.575. The van der Waals surface area contributed by atoms with Crippen molar-refractivity contribution in [3.63, 3.8) is 0 Å². The van der Waals surface area contributed by atoms with Crippen LogP contribution in [0.25, 0.3) is 0 Å². The molecule has 2 unspecified atom stereocenters. The summed E-state index contributed by atoms with van der Waals surface area (Å²) in [5.41, 5.74) is 0.757. The molecule has 2 bridgehead atoms. The van der Waals surface area contributed by atoms with Gasteiger partial charge in [-0.2, -0.15) is 4.65 Å². The van der Waals surface area contributed by atoms with E-state index in [1.54, 1.807) is 0 Å². The van der Waals surface area contributed by atoms with E-state index < -0.39 is 11.9 Å². The van der Waals surface area contributed by atoms with E-state index in [0.29, 0.717) is 12.8 Å². The van der Waals surface area contributed by atoms with Gasteiger partial charge in [0.2, 0.25) is 0 Å². The van der Waals surface area contributed by atoms with Crippen LogP contribution < -0.4 is 0 Å². The second-order valence-corrected chi connectivity index (χ2v) is 6.97. The van der Waals surface area contributed by atoms with Gasteiger partial charge < -0.3 is 20.1 Å². The fraction of sp³-hybridized carbons (Fsp3) is 0.588. The van der Waals surface area contributed by atoms with E-state index in [2.05, 4.69) is 0 Å². The quantitative estimate of drug-likeness (QED) is 0.421. The van der Waals surface area contributed by atoms with E-state index in [-0.39, 0.29) is 64.1 Å². The second-order valence-electron chi connectivity index (χ2n) is 6.97. The Hall–Kier alpha value is -1.03. The zero-order chi connectivity index (χ0) is 16.2. The van der Waals surface area contributed by atoms with Gasteiger partial charge in [0.1, 0.15) is 24.2 Å². The average molecular weight is 419 g/mol. The third-order valence-electron chi connectivity index (χ3n) is 5.62. The number of morpholine rings is 1. The molecule has 0 aliphatic carbocycles. The number of rotatable bonds is 4. The maximum Gasteiger partial charge on any atom is 0.316 e. The van der Waals surface area contributed by atoms with Gasteiger partial charge in [0.25, 0.3) is 0 Å². The molecule has 7 atom stereocenters. The Morgan fingerprint density at radius 3 is 2.36 bits per heavy atom. The first-order chi connectivity index (χ1) is 11.0. The third kappa shape index (κ3) is 3.34. The van der Waals surface area contributed by atoms with Gasteiger partial charge in [-0.15, -0.1) is 17.0 Å². The summed E-state index contributed by atoms with van der Waals surface area (Å²) in [6, 6.07) is 9.13. The number of carbonyl (C=O) groups excluding carboxylic acids is 1. The molecule has 3 saturated heterocycles. The number of quaternary nitrogens is 1. The van der Waals surface area contributed by atoms with Gasteiger partial charge >= 0.3 is 5.97 Å². The van der Waals surface area contributed by atoms with Crippen molar-refractivity contribution in [3.05, 3.63) is 35.9 Å². The van der Waals surface area contributed by atoms with Crippen LogP contribution in [0, 0.1) is 0 Å². The number of nitrogens with zero attached hydrogens (tertiary/aromatic N) is 1. The number of carbonyl (C=O) groups is 1. The Kier molecular flexibility index (Phi) is 5.92. The molecule has 0 amide bonds. The zero-order valence-corrected chi connectivity index (χ0v) is 15.7. The number of likely N-dealkylation sites (N-methyl/N-ethyl adjacent to an activating group) is 1. The van der Waals surface area contributed by atoms with Crippen LogP contribution in [-0.4, -0.2) is 70.5 Å². The fourth-order valence-corrected chi connectivity index (χ4v) is 4.27. The van der Waals surface area contributed by atoms with Gasteiger partial charge in [-0.05, 0) is 5.56 Å². The van der Waals surface area contributed by atoms with Crippen molar-refractivity contribution in [2.24, 2.45) is 0 Å². The first-order valence-electron chi connectivity index (χ1n) is 8.12. The molecule has 0 aromatic heterocycles. The Balaban J connectivity index is 0.00000113. The highest BCUT2D eigenvalue weighted by Gasteiger charge is 2.73. The van der Waals surface area contributed by atoms with Gasteiger partial charge in [0, 0.05) is 12.8 Å². The van der Waals surface area contributed by atoms with Gasteiger partial charge in [0.05, 0.1) is 13.7 Å². The molecule has 1 aromatic carbocycles. The van der Waals surface area contributed by atoms with Crippen LogP contribution in [0.15, 0.2) is 30.3 Å². The maximum atomic E-state index is 12.4. The molecule has 4 N–H and O–H groups in total. The summed E-state index contributed by atoms with van der Waals surface area (Å²) in [6.45, 7) is -0.273. The molecule has 7 nitrogen and oxygen atoms in total. The third-order valence-corrected chi connectivity index (χ3v) is 5.62. The normalized spacial score (nSPS) is 38.6. The number of piperidine rings is 1. The summed E-state index contributed by atoms with van der Waals surface area (Å²) in [6.07, 6.45) is 1.18. The molecule has 0 saturated carbocycles. The van der Waals surface area contributed by atoms with Gasteiger partial charge in [-0.3, -0.25) is 4.79 Å². The van der Waals surface area contributed by atoms with Crippen molar-refractivity contribution >= 4 is 23.0 Å². The summed E-state index contributed by atoms with van der Waals surface area (Å²) in [5, 5.41) is 20.1. The lowest BCUT2D eigenvalue weighted by Crippen LogP contribution is -2.60. The van der Waals surface area contributed by atoms with Crippen molar-refractivity contribution in [3.8, 4) is 0 Å². The molecular weight excluding hydrogens is 394 g/mol. The van der Waals surface area contributed by atoms with Crippen molar-refractivity contribution in [2.45, 2.75) is 49.2 Å². The lowest BCUT2D eigenvalue weighted by Gasteiger charge is -2.41. The van der Waals surface area contributed by atoms with E-state index in [1.165, 1.54) is 0 Å². The van der Waals surface area contributed by atoms with Crippen molar-refractivity contribution < 1.29 is 34.7 Å². The summed E-state index contributed by atoms with van der Waals surface area (Å²) in [5.74, 6) is -1.05. The lowest BCUT2D eigenvalue weighted by molar-refractivity contribution is -1.12. The first kappa shape index (κ1) is 20.3. The summed E-state index contributed by atoms with van der Waals surface area (Å²) >= 11 is 0. The van der Waals surface area contributed by atoms with Crippen LogP contribution in [0.3, 0.4) is 0 Å². The second kappa shape index (κ2) is 7.30. The Morgan fingerprint density at radius 2 is 1.84 bits per heavy atom. The zero-order valence-electron chi connectivity index (χ0n) is 13.9. The molecule has 0 radical (unpaired) electrons. The summed E-state index contributed by atoms with van der Waals surface area (Å²) in [7, 11) is 1.81. The number of halogens is 1. The minimum atomic E-state index is -0.656. The number of esters is 1. The Labute approximate surface area is 156 Å².